The molecular weight excluding hydrogens is 337 g/mol. The van der Waals surface area contributed by atoms with E-state index in [0.29, 0.717) is 17.0 Å². The van der Waals surface area contributed by atoms with Crippen LogP contribution in [-0.4, -0.2) is 14.3 Å². The van der Waals surface area contributed by atoms with Crippen molar-refractivity contribution >= 4 is 22.5 Å². The van der Waals surface area contributed by atoms with Gasteiger partial charge in [0.1, 0.15) is 11.9 Å². The van der Waals surface area contributed by atoms with E-state index in [-0.39, 0.29) is 10.8 Å². The zero-order valence-electron chi connectivity index (χ0n) is 11.5. The second-order valence-electron chi connectivity index (χ2n) is 4.76. The fourth-order valence-corrected chi connectivity index (χ4v) is 2.51. The highest BCUT2D eigenvalue weighted by Crippen LogP contribution is 2.26. The van der Waals surface area contributed by atoms with Crippen LogP contribution in [0.2, 0.25) is 5.15 Å². The molecule has 0 amide bonds. The summed E-state index contributed by atoms with van der Waals surface area (Å²) in [5.74, 6) is 0. The van der Waals surface area contributed by atoms with E-state index in [2.05, 4.69) is 5.10 Å². The Hall–Kier alpha value is -2.55. The van der Waals surface area contributed by atoms with Gasteiger partial charge in [-0.25, -0.2) is 0 Å². The Labute approximate surface area is 131 Å². The van der Waals surface area contributed by atoms with Crippen LogP contribution in [0.3, 0.4) is 0 Å². The number of hydrogen-bond donors (Lipinski definition) is 0. The van der Waals surface area contributed by atoms with Gasteiger partial charge in [0.25, 0.3) is 0 Å². The van der Waals surface area contributed by atoms with Gasteiger partial charge in [0.2, 0.25) is 5.69 Å². The molecular formula is C13H8ClF3N4O2. The Morgan fingerprint density at radius 3 is 2.65 bits per heavy atom. The normalized spacial score (nSPS) is 12.0. The molecule has 0 fully saturated rings. The molecule has 10 heteroatoms. The van der Waals surface area contributed by atoms with Gasteiger partial charge in [-0.1, -0.05) is 11.6 Å². The van der Waals surface area contributed by atoms with Crippen LogP contribution in [0.5, 0.6) is 0 Å². The maximum absolute atomic E-state index is 12.6. The molecule has 0 radical (unpaired) electrons. The summed E-state index contributed by atoms with van der Waals surface area (Å²) in [6.45, 7) is 0. The maximum Gasteiger partial charge on any atom is 0.506 e. The first kappa shape index (κ1) is 15.3. The molecule has 6 nitrogen and oxygen atoms in total. The molecule has 0 unspecified atom stereocenters. The molecule has 0 spiro atoms. The zero-order valence-corrected chi connectivity index (χ0v) is 12.3. The van der Waals surface area contributed by atoms with Crippen LogP contribution in [0.25, 0.3) is 16.6 Å². The van der Waals surface area contributed by atoms with E-state index < -0.39 is 22.3 Å². The number of alkyl halides is 3. The molecule has 0 saturated carbocycles. The molecule has 3 aromatic rings. The van der Waals surface area contributed by atoms with Crippen molar-refractivity contribution in [2.45, 2.75) is 6.18 Å². The number of fused-ring (bicyclic) bond motifs is 1. The number of nitrogens with zero attached hydrogens (tertiary/aromatic N) is 4. The van der Waals surface area contributed by atoms with Gasteiger partial charge in [-0.2, -0.15) is 32.4 Å². The molecule has 0 bridgehead atoms. The number of rotatable bonds is 1. The number of benzene rings is 1. The molecule has 2 heterocycles. The summed E-state index contributed by atoms with van der Waals surface area (Å²) in [6, 6.07) is 5.08. The zero-order chi connectivity index (χ0) is 16.9. The minimum Gasteiger partial charge on any atom is -0.708 e. The number of aryl methyl sites for hydroxylation is 1. The summed E-state index contributed by atoms with van der Waals surface area (Å²) < 4.78 is 39.5. The third-order valence-electron chi connectivity index (χ3n) is 3.34. The van der Waals surface area contributed by atoms with Crippen molar-refractivity contribution in [2.24, 2.45) is 7.05 Å². The average Bonchev–Trinajstić information content (AvgIpc) is 2.75. The van der Waals surface area contributed by atoms with Crippen molar-refractivity contribution in [1.29, 1.82) is 0 Å². The van der Waals surface area contributed by atoms with Crippen LogP contribution < -0.4 is 10.4 Å². The highest BCUT2D eigenvalue weighted by Gasteiger charge is 2.37. The van der Waals surface area contributed by atoms with E-state index in [9.17, 15) is 23.2 Å². The molecule has 23 heavy (non-hydrogen) atoms. The van der Waals surface area contributed by atoms with Crippen molar-refractivity contribution in [3.8, 4) is 5.69 Å². The Kier molecular flexibility index (Phi) is 3.33. The monoisotopic (exact) mass is 344 g/mol. The minimum absolute atomic E-state index is 0.223. The Balaban J connectivity index is 2.22. The molecule has 0 saturated heterocycles. The molecule has 2 aromatic heterocycles. The van der Waals surface area contributed by atoms with Crippen molar-refractivity contribution in [3.05, 3.63) is 57.0 Å². The van der Waals surface area contributed by atoms with Crippen molar-refractivity contribution in [2.75, 3.05) is 0 Å². The Morgan fingerprint density at radius 1 is 1.30 bits per heavy atom. The first-order valence-electron chi connectivity index (χ1n) is 6.25. The predicted molar refractivity (Wildman–Crippen MR) is 75.3 cm³/mol. The van der Waals surface area contributed by atoms with E-state index in [1.165, 1.54) is 16.8 Å². The Bertz CT molecular complexity index is 978. The molecule has 0 atom stereocenters. The highest BCUT2D eigenvalue weighted by molar-refractivity contribution is 6.34. The van der Waals surface area contributed by atoms with Gasteiger partial charge in [0.05, 0.1) is 5.52 Å². The molecule has 3 rings (SSSR count). The average molecular weight is 345 g/mol. The smallest absolute Gasteiger partial charge is 0.506 e. The topological polar surface area (TPSA) is 66.8 Å². The first-order chi connectivity index (χ1) is 10.7. The summed E-state index contributed by atoms with van der Waals surface area (Å²) in [4.78, 5) is 11.9. The second-order valence-corrected chi connectivity index (χ2v) is 5.12. The summed E-state index contributed by atoms with van der Waals surface area (Å²) in [5.41, 5.74) is -2.13. The van der Waals surface area contributed by atoms with Crippen LogP contribution in [0.4, 0.5) is 13.2 Å². The summed E-state index contributed by atoms with van der Waals surface area (Å²) in [6.07, 6.45) is -4.00. The van der Waals surface area contributed by atoms with E-state index >= 15 is 0 Å². The lowest BCUT2D eigenvalue weighted by Crippen LogP contribution is -2.54. The summed E-state index contributed by atoms with van der Waals surface area (Å²) in [5, 5.41) is 16.4. The van der Waals surface area contributed by atoms with Gasteiger partial charge in [-0.3, -0.25) is 4.68 Å². The first-order valence-corrected chi connectivity index (χ1v) is 6.63. The quantitative estimate of drug-likeness (QED) is 0.501. The number of hydrogen-bond acceptors (Lipinski definition) is 3. The van der Waals surface area contributed by atoms with Gasteiger partial charge in [-0.15, -0.1) is 0 Å². The van der Waals surface area contributed by atoms with Crippen molar-refractivity contribution < 1.29 is 17.9 Å². The van der Waals surface area contributed by atoms with Crippen LogP contribution in [0.1, 0.15) is 5.69 Å². The third-order valence-corrected chi connectivity index (χ3v) is 3.62. The van der Waals surface area contributed by atoms with E-state index in [4.69, 9.17) is 11.6 Å². The van der Waals surface area contributed by atoms with Crippen LogP contribution >= 0.6 is 11.6 Å². The summed E-state index contributed by atoms with van der Waals surface area (Å²) in [7, 11) is 1.63. The third kappa shape index (κ3) is 2.42. The summed E-state index contributed by atoms with van der Waals surface area (Å²) >= 11 is 5.92. The van der Waals surface area contributed by atoms with Crippen molar-refractivity contribution in [3.63, 3.8) is 0 Å². The van der Waals surface area contributed by atoms with Gasteiger partial charge >= 0.3 is 11.9 Å². The minimum atomic E-state index is -4.90. The van der Waals surface area contributed by atoms with E-state index in [0.717, 1.165) is 10.8 Å². The standard InChI is InChI=1S/C13H8ClF3N4O2/c1-19-9-6-7(2-3-8(9)11(14)18-19)20-5-4-10(13(15,16)17)21(23)12(20)22/h2-6H,1H3. The lowest BCUT2D eigenvalue weighted by atomic mass is 10.2. The fourth-order valence-electron chi connectivity index (χ4n) is 2.24. The van der Waals surface area contributed by atoms with Crippen molar-refractivity contribution in [1.82, 2.24) is 14.3 Å². The molecule has 1 aromatic carbocycles. The largest absolute Gasteiger partial charge is 0.708 e. The molecule has 0 aliphatic heterocycles. The maximum atomic E-state index is 12.6. The lowest BCUT2D eigenvalue weighted by molar-refractivity contribution is -0.648. The number of halogens is 4. The Morgan fingerprint density at radius 2 is 2.00 bits per heavy atom. The number of aromatic nitrogens is 4. The molecule has 0 aliphatic carbocycles. The van der Waals surface area contributed by atoms with Gasteiger partial charge < -0.3 is 5.21 Å². The molecule has 0 aliphatic rings. The molecule has 0 N–H and O–H groups in total. The molecule has 120 valence electrons. The lowest BCUT2D eigenvalue weighted by Gasteiger charge is -2.11. The van der Waals surface area contributed by atoms with Crippen LogP contribution in [-0.2, 0) is 13.2 Å². The van der Waals surface area contributed by atoms with Gasteiger partial charge in [0, 0.05) is 24.6 Å². The van der Waals surface area contributed by atoms with E-state index in [1.54, 1.807) is 13.1 Å². The highest BCUT2D eigenvalue weighted by atomic mass is 35.5. The van der Waals surface area contributed by atoms with E-state index in [1.807, 2.05) is 0 Å². The fraction of sp³-hybridized carbons (Fsp3) is 0.154. The van der Waals surface area contributed by atoms with Crippen LogP contribution in [0.15, 0.2) is 35.3 Å². The van der Waals surface area contributed by atoms with Gasteiger partial charge in [-0.05, 0) is 12.1 Å². The van der Waals surface area contributed by atoms with Gasteiger partial charge in [0.15, 0.2) is 5.15 Å². The second kappa shape index (κ2) is 4.98. The SMILES string of the molecule is Cn1nc(Cl)c2ccc(-n3ccc(C(F)(F)F)[n+]([O-])c3=O)cc21. The predicted octanol–water partition coefficient (Wildman–Crippen LogP) is 2.03. The van der Waals surface area contributed by atoms with Crippen LogP contribution in [0, 0.1) is 5.21 Å².